The fraction of sp³-hybridized carbons (Fsp3) is 0.522. The largest absolute Gasteiger partial charge is 0.378 e. The maximum Gasteiger partial charge on any atom is 0.284 e. The van der Waals surface area contributed by atoms with Gasteiger partial charge in [-0.05, 0) is 31.7 Å². The fourth-order valence-corrected chi connectivity index (χ4v) is 4.77. The number of aromatic nitrogens is 5. The molecule has 1 saturated heterocycles. The summed E-state index contributed by atoms with van der Waals surface area (Å²) in [5.41, 5.74) is 0.161. The van der Waals surface area contributed by atoms with Crippen LogP contribution in [0.4, 0.5) is 20.3 Å². The van der Waals surface area contributed by atoms with Crippen molar-refractivity contribution in [2.75, 3.05) is 43.2 Å². The lowest BCUT2D eigenvalue weighted by Gasteiger charge is -2.27. The van der Waals surface area contributed by atoms with Crippen molar-refractivity contribution in [3.05, 3.63) is 35.9 Å². The highest BCUT2D eigenvalue weighted by Crippen LogP contribution is 2.35. The van der Waals surface area contributed by atoms with Gasteiger partial charge in [0.15, 0.2) is 11.3 Å². The number of carbonyl (C=O) groups is 2. The highest BCUT2D eigenvalue weighted by molar-refractivity contribution is 6.09. The molecule has 0 bridgehead atoms. The van der Waals surface area contributed by atoms with Gasteiger partial charge < -0.3 is 19.3 Å². The van der Waals surface area contributed by atoms with Crippen LogP contribution in [-0.2, 0) is 9.53 Å². The quantitative estimate of drug-likeness (QED) is 0.493. The van der Waals surface area contributed by atoms with Crippen LogP contribution in [-0.4, -0.2) is 69.9 Å². The first-order valence-electron chi connectivity index (χ1n) is 11.7. The summed E-state index contributed by atoms with van der Waals surface area (Å²) in [4.78, 5) is 32.4. The SMILES string of the molecule is CN(C(=O)c1cnn2ccc(N3CCOCC3)nc12)c1cn([C@H]2CC[C@H](C=O)CC2)nc1C(F)F. The zero-order chi connectivity index (χ0) is 24.5. The van der Waals surface area contributed by atoms with E-state index in [0.29, 0.717) is 63.5 Å². The topological polar surface area (TPSA) is 97.9 Å². The van der Waals surface area contributed by atoms with Gasteiger partial charge in [-0.1, -0.05) is 0 Å². The van der Waals surface area contributed by atoms with E-state index in [-0.39, 0.29) is 23.2 Å². The molecule has 0 radical (unpaired) electrons. The predicted octanol–water partition coefficient (Wildman–Crippen LogP) is 2.91. The van der Waals surface area contributed by atoms with Gasteiger partial charge in [0.2, 0.25) is 0 Å². The number of rotatable bonds is 6. The molecule has 35 heavy (non-hydrogen) atoms. The summed E-state index contributed by atoms with van der Waals surface area (Å²) in [5, 5.41) is 8.36. The van der Waals surface area contributed by atoms with E-state index in [0.717, 1.165) is 6.29 Å². The second-order valence-electron chi connectivity index (χ2n) is 8.96. The van der Waals surface area contributed by atoms with Gasteiger partial charge in [-0.25, -0.2) is 18.3 Å². The Balaban J connectivity index is 1.43. The summed E-state index contributed by atoms with van der Waals surface area (Å²) < 4.78 is 36.2. The van der Waals surface area contributed by atoms with Gasteiger partial charge >= 0.3 is 0 Å². The van der Waals surface area contributed by atoms with Gasteiger partial charge in [0.1, 0.15) is 17.7 Å². The molecule has 0 atom stereocenters. The molecule has 1 saturated carbocycles. The Labute approximate surface area is 200 Å². The molecule has 10 nitrogen and oxygen atoms in total. The van der Waals surface area contributed by atoms with E-state index in [4.69, 9.17) is 4.74 Å². The second-order valence-corrected chi connectivity index (χ2v) is 8.96. The van der Waals surface area contributed by atoms with E-state index in [1.807, 2.05) is 6.07 Å². The lowest BCUT2D eigenvalue weighted by atomic mass is 9.87. The second kappa shape index (κ2) is 9.68. The minimum absolute atomic E-state index is 0.00517. The molecule has 0 spiro atoms. The highest BCUT2D eigenvalue weighted by Gasteiger charge is 2.30. The molecule has 1 amide bonds. The first kappa shape index (κ1) is 23.3. The Morgan fingerprint density at radius 2 is 1.97 bits per heavy atom. The first-order chi connectivity index (χ1) is 17.0. The van der Waals surface area contributed by atoms with Crippen molar-refractivity contribution >= 4 is 29.3 Å². The van der Waals surface area contributed by atoms with Crippen LogP contribution in [0.1, 0.15) is 54.2 Å². The number of hydrogen-bond donors (Lipinski definition) is 0. The molecular weight excluding hydrogens is 460 g/mol. The van der Waals surface area contributed by atoms with Gasteiger partial charge in [-0.15, -0.1) is 0 Å². The fourth-order valence-electron chi connectivity index (χ4n) is 4.77. The minimum atomic E-state index is -2.84. The van der Waals surface area contributed by atoms with Crippen LogP contribution in [0.15, 0.2) is 24.7 Å². The number of hydrogen-bond acceptors (Lipinski definition) is 7. The molecule has 5 rings (SSSR count). The van der Waals surface area contributed by atoms with E-state index in [1.165, 1.54) is 33.5 Å². The van der Waals surface area contributed by atoms with E-state index >= 15 is 0 Å². The summed E-state index contributed by atoms with van der Waals surface area (Å²) in [6, 6.07) is 1.73. The normalized spacial score (nSPS) is 21.0. The van der Waals surface area contributed by atoms with Gasteiger partial charge in [-0.3, -0.25) is 9.48 Å². The predicted molar refractivity (Wildman–Crippen MR) is 123 cm³/mol. The average molecular weight is 488 g/mol. The Kier molecular flexibility index (Phi) is 6.46. The summed E-state index contributed by atoms with van der Waals surface area (Å²) in [7, 11) is 1.45. The number of aldehydes is 1. The number of fused-ring (bicyclic) bond motifs is 1. The summed E-state index contributed by atoms with van der Waals surface area (Å²) in [5.74, 6) is 0.202. The number of amides is 1. The minimum Gasteiger partial charge on any atom is -0.378 e. The maximum absolute atomic E-state index is 13.9. The summed E-state index contributed by atoms with van der Waals surface area (Å²) in [6.45, 7) is 2.56. The van der Waals surface area contributed by atoms with Crippen LogP contribution in [0.3, 0.4) is 0 Å². The molecule has 0 unspecified atom stereocenters. The highest BCUT2D eigenvalue weighted by atomic mass is 19.3. The third-order valence-corrected chi connectivity index (χ3v) is 6.84. The maximum atomic E-state index is 13.9. The number of halogens is 2. The molecule has 1 aliphatic carbocycles. The van der Waals surface area contributed by atoms with Gasteiger partial charge in [0.05, 0.1) is 31.1 Å². The lowest BCUT2D eigenvalue weighted by molar-refractivity contribution is -0.112. The van der Waals surface area contributed by atoms with Crippen LogP contribution in [0, 0.1) is 5.92 Å². The van der Waals surface area contributed by atoms with Crippen LogP contribution >= 0.6 is 0 Å². The van der Waals surface area contributed by atoms with E-state index in [1.54, 1.807) is 6.20 Å². The van der Waals surface area contributed by atoms with Crippen LogP contribution in [0.25, 0.3) is 5.65 Å². The molecule has 1 aliphatic heterocycles. The van der Waals surface area contributed by atoms with Crippen LogP contribution in [0.5, 0.6) is 0 Å². The standard InChI is InChI=1S/C23H27F2N7O3/c1-29(18-13-32(28-20(18)21(24)25)16-4-2-15(14-33)3-5-16)23(34)17-12-26-31-7-6-19(27-22(17)31)30-8-10-35-11-9-30/h6-7,12-16,21H,2-5,8-11H2,1H3/t15-,16-. The zero-order valence-corrected chi connectivity index (χ0v) is 19.4. The molecule has 4 heterocycles. The molecule has 3 aromatic heterocycles. The number of carbonyl (C=O) groups excluding carboxylic acids is 2. The first-order valence-corrected chi connectivity index (χ1v) is 11.7. The van der Waals surface area contributed by atoms with Gasteiger partial charge in [-0.2, -0.15) is 10.2 Å². The van der Waals surface area contributed by atoms with Crippen molar-refractivity contribution < 1.29 is 23.1 Å². The van der Waals surface area contributed by atoms with Crippen molar-refractivity contribution in [2.24, 2.45) is 5.92 Å². The molecule has 2 aliphatic rings. The molecule has 3 aromatic rings. The van der Waals surface area contributed by atoms with Crippen molar-refractivity contribution in [2.45, 2.75) is 38.2 Å². The number of anilines is 2. The van der Waals surface area contributed by atoms with Crippen LogP contribution < -0.4 is 9.80 Å². The Morgan fingerprint density at radius 1 is 1.23 bits per heavy atom. The van der Waals surface area contributed by atoms with Crippen molar-refractivity contribution in [1.82, 2.24) is 24.4 Å². The Hall–Kier alpha value is -3.41. The van der Waals surface area contributed by atoms with E-state index in [2.05, 4.69) is 20.1 Å². The summed E-state index contributed by atoms with van der Waals surface area (Å²) >= 11 is 0. The van der Waals surface area contributed by atoms with Gasteiger partial charge in [0, 0.05) is 38.4 Å². The number of nitrogens with zero attached hydrogens (tertiary/aromatic N) is 7. The Morgan fingerprint density at radius 3 is 2.66 bits per heavy atom. The smallest absolute Gasteiger partial charge is 0.284 e. The molecular formula is C23H27F2N7O3. The zero-order valence-electron chi connectivity index (χ0n) is 19.4. The number of ether oxygens (including phenoxy) is 1. The van der Waals surface area contributed by atoms with Gasteiger partial charge in [0.25, 0.3) is 12.3 Å². The molecule has 2 fully saturated rings. The van der Waals surface area contributed by atoms with E-state index < -0.39 is 18.0 Å². The van der Waals surface area contributed by atoms with Crippen molar-refractivity contribution in [1.29, 1.82) is 0 Å². The molecule has 0 aromatic carbocycles. The molecule has 12 heteroatoms. The van der Waals surface area contributed by atoms with E-state index in [9.17, 15) is 18.4 Å². The van der Waals surface area contributed by atoms with Crippen molar-refractivity contribution in [3.63, 3.8) is 0 Å². The number of alkyl halides is 2. The third kappa shape index (κ3) is 4.49. The number of morpholine rings is 1. The monoisotopic (exact) mass is 487 g/mol. The molecule has 0 N–H and O–H groups in total. The average Bonchev–Trinajstić information content (AvgIpc) is 3.53. The third-order valence-electron chi connectivity index (χ3n) is 6.84. The molecule has 186 valence electrons. The summed E-state index contributed by atoms with van der Waals surface area (Å²) in [6.07, 6.45) is 5.48. The van der Waals surface area contributed by atoms with Crippen LogP contribution in [0.2, 0.25) is 0 Å². The Bertz CT molecular complexity index is 1210. The van der Waals surface area contributed by atoms with Crippen molar-refractivity contribution in [3.8, 4) is 0 Å². The lowest BCUT2D eigenvalue weighted by Crippen LogP contribution is -2.36.